The summed E-state index contributed by atoms with van der Waals surface area (Å²) < 4.78 is 0. The van der Waals surface area contributed by atoms with E-state index in [1.165, 1.54) is 5.56 Å². The maximum absolute atomic E-state index is 4.60. The van der Waals surface area contributed by atoms with E-state index in [9.17, 15) is 0 Å². The summed E-state index contributed by atoms with van der Waals surface area (Å²) in [7, 11) is 1.96. The topological polar surface area (TPSA) is 41.1 Å². The number of nitrogens with zero attached hydrogens (tertiary/aromatic N) is 3. The fraction of sp³-hybridized carbons (Fsp3) is 0.714. The molecule has 1 heterocycles. The van der Waals surface area contributed by atoms with Crippen LogP contribution in [0.1, 0.15) is 43.9 Å². The quantitative estimate of drug-likeness (QED) is 0.803. The summed E-state index contributed by atoms with van der Waals surface area (Å²) in [6, 6.07) is 0.307. The Balaban J connectivity index is 2.67. The first-order valence-electron chi connectivity index (χ1n) is 6.84. The van der Waals surface area contributed by atoms with E-state index in [4.69, 9.17) is 0 Å². The Hall–Kier alpha value is -1.00. The van der Waals surface area contributed by atoms with E-state index in [1.807, 2.05) is 13.2 Å². The van der Waals surface area contributed by atoms with Crippen molar-refractivity contribution in [1.29, 1.82) is 0 Å². The third-order valence-electron chi connectivity index (χ3n) is 3.51. The summed E-state index contributed by atoms with van der Waals surface area (Å²) in [6.45, 7) is 11.8. The van der Waals surface area contributed by atoms with Crippen LogP contribution in [0, 0.1) is 6.92 Å². The van der Waals surface area contributed by atoms with Crippen LogP contribution in [-0.4, -0.2) is 41.5 Å². The first kappa shape index (κ1) is 15.1. The molecule has 0 aliphatic rings. The molecule has 1 aromatic rings. The van der Waals surface area contributed by atoms with Crippen LogP contribution >= 0.6 is 0 Å². The Kier molecular flexibility index (Phi) is 6.22. The van der Waals surface area contributed by atoms with Crippen LogP contribution in [0.4, 0.5) is 0 Å². The van der Waals surface area contributed by atoms with Gasteiger partial charge in [-0.3, -0.25) is 0 Å². The second-order valence-electron chi connectivity index (χ2n) is 4.61. The number of likely N-dealkylation sites (N-methyl/N-ethyl adjacent to an activating group) is 1. The molecule has 0 saturated heterocycles. The predicted octanol–water partition coefficient (Wildman–Crippen LogP) is 1.95. The van der Waals surface area contributed by atoms with Gasteiger partial charge in [0, 0.05) is 36.5 Å². The van der Waals surface area contributed by atoms with E-state index in [1.54, 1.807) is 0 Å². The third-order valence-corrected chi connectivity index (χ3v) is 3.51. The molecular formula is C14H26N4. The van der Waals surface area contributed by atoms with Gasteiger partial charge in [0.05, 0.1) is 0 Å². The van der Waals surface area contributed by atoms with Gasteiger partial charge in [0.15, 0.2) is 0 Å². The maximum Gasteiger partial charge on any atom is 0.129 e. The van der Waals surface area contributed by atoms with Crippen molar-refractivity contribution in [1.82, 2.24) is 20.2 Å². The lowest BCUT2D eigenvalue weighted by Crippen LogP contribution is -2.26. The molecule has 0 saturated carbocycles. The van der Waals surface area contributed by atoms with Crippen LogP contribution in [0.25, 0.3) is 0 Å². The Morgan fingerprint density at radius 2 is 2.00 bits per heavy atom. The standard InChI is InChI=1S/C14H26N4/c1-6-18(7-2)9-8-14-16-10-13(11(3)15-5)12(4)17-14/h10-11,15H,6-9H2,1-5H3. The summed E-state index contributed by atoms with van der Waals surface area (Å²) in [4.78, 5) is 11.5. The number of nitrogens with one attached hydrogen (secondary N) is 1. The lowest BCUT2D eigenvalue weighted by Gasteiger charge is -2.18. The van der Waals surface area contributed by atoms with Gasteiger partial charge >= 0.3 is 0 Å². The van der Waals surface area contributed by atoms with Gasteiger partial charge in [0.2, 0.25) is 0 Å². The molecule has 4 heteroatoms. The van der Waals surface area contributed by atoms with Gasteiger partial charge in [-0.2, -0.15) is 0 Å². The molecule has 0 spiro atoms. The second kappa shape index (κ2) is 7.44. The van der Waals surface area contributed by atoms with Crippen molar-refractivity contribution in [3.63, 3.8) is 0 Å². The van der Waals surface area contributed by atoms with E-state index >= 15 is 0 Å². The maximum atomic E-state index is 4.60. The van der Waals surface area contributed by atoms with Crippen molar-refractivity contribution >= 4 is 0 Å². The van der Waals surface area contributed by atoms with Crippen LogP contribution in [0.3, 0.4) is 0 Å². The minimum absolute atomic E-state index is 0.307. The molecule has 0 amide bonds. The number of hydrogen-bond donors (Lipinski definition) is 1. The normalized spacial score (nSPS) is 13.0. The van der Waals surface area contributed by atoms with E-state index in [0.717, 1.165) is 37.6 Å². The SMILES string of the molecule is CCN(CC)CCc1ncc(C(C)NC)c(C)n1. The molecule has 0 aliphatic heterocycles. The molecule has 1 rings (SSSR count). The van der Waals surface area contributed by atoms with Crippen LogP contribution in [0.2, 0.25) is 0 Å². The lowest BCUT2D eigenvalue weighted by atomic mass is 10.1. The first-order chi connectivity index (χ1) is 8.62. The highest BCUT2D eigenvalue weighted by atomic mass is 15.1. The monoisotopic (exact) mass is 250 g/mol. The van der Waals surface area contributed by atoms with Crippen molar-refractivity contribution in [2.24, 2.45) is 0 Å². The molecule has 0 aliphatic carbocycles. The molecule has 18 heavy (non-hydrogen) atoms. The number of aryl methyl sites for hydroxylation is 1. The minimum Gasteiger partial charge on any atom is -0.313 e. The largest absolute Gasteiger partial charge is 0.313 e. The highest BCUT2D eigenvalue weighted by Crippen LogP contribution is 2.14. The van der Waals surface area contributed by atoms with Gasteiger partial charge in [-0.25, -0.2) is 9.97 Å². The Bertz CT molecular complexity index is 361. The van der Waals surface area contributed by atoms with Crippen LogP contribution in [0.5, 0.6) is 0 Å². The molecule has 1 atom stereocenters. The van der Waals surface area contributed by atoms with Gasteiger partial charge in [-0.05, 0) is 34.0 Å². The number of aromatic nitrogens is 2. The van der Waals surface area contributed by atoms with Gasteiger partial charge in [-0.15, -0.1) is 0 Å². The number of hydrogen-bond acceptors (Lipinski definition) is 4. The summed E-state index contributed by atoms with van der Waals surface area (Å²) in [5.41, 5.74) is 2.27. The molecular weight excluding hydrogens is 224 g/mol. The van der Waals surface area contributed by atoms with Crippen molar-refractivity contribution in [2.75, 3.05) is 26.7 Å². The number of rotatable bonds is 7. The Morgan fingerprint density at radius 1 is 1.33 bits per heavy atom. The van der Waals surface area contributed by atoms with Crippen molar-refractivity contribution in [3.05, 3.63) is 23.3 Å². The smallest absolute Gasteiger partial charge is 0.129 e. The predicted molar refractivity (Wildman–Crippen MR) is 75.7 cm³/mol. The first-order valence-corrected chi connectivity index (χ1v) is 6.84. The van der Waals surface area contributed by atoms with Gasteiger partial charge in [0.25, 0.3) is 0 Å². The van der Waals surface area contributed by atoms with Gasteiger partial charge in [0.1, 0.15) is 5.82 Å². The zero-order valence-electron chi connectivity index (χ0n) is 12.3. The van der Waals surface area contributed by atoms with Crippen molar-refractivity contribution in [2.45, 2.75) is 40.2 Å². The molecule has 0 aromatic carbocycles. The second-order valence-corrected chi connectivity index (χ2v) is 4.61. The highest BCUT2D eigenvalue weighted by molar-refractivity contribution is 5.19. The minimum atomic E-state index is 0.307. The van der Waals surface area contributed by atoms with Crippen molar-refractivity contribution in [3.8, 4) is 0 Å². The summed E-state index contributed by atoms with van der Waals surface area (Å²) in [5, 5.41) is 3.22. The van der Waals surface area contributed by atoms with Crippen LogP contribution < -0.4 is 5.32 Å². The average Bonchev–Trinajstić information content (AvgIpc) is 2.39. The molecule has 1 N–H and O–H groups in total. The van der Waals surface area contributed by atoms with Crippen molar-refractivity contribution < 1.29 is 0 Å². The molecule has 1 aromatic heterocycles. The van der Waals surface area contributed by atoms with E-state index in [2.05, 4.69) is 47.9 Å². The lowest BCUT2D eigenvalue weighted by molar-refractivity contribution is 0.305. The zero-order valence-corrected chi connectivity index (χ0v) is 12.3. The van der Waals surface area contributed by atoms with E-state index < -0.39 is 0 Å². The molecule has 102 valence electrons. The average molecular weight is 250 g/mol. The zero-order chi connectivity index (χ0) is 13.5. The fourth-order valence-corrected chi connectivity index (χ4v) is 2.02. The molecule has 4 nitrogen and oxygen atoms in total. The van der Waals surface area contributed by atoms with Crippen LogP contribution in [0.15, 0.2) is 6.20 Å². The summed E-state index contributed by atoms with van der Waals surface area (Å²) in [5.74, 6) is 0.950. The molecule has 0 bridgehead atoms. The molecule has 0 fully saturated rings. The van der Waals surface area contributed by atoms with Gasteiger partial charge < -0.3 is 10.2 Å². The summed E-state index contributed by atoms with van der Waals surface area (Å²) >= 11 is 0. The van der Waals surface area contributed by atoms with E-state index in [0.29, 0.717) is 6.04 Å². The molecule has 1 unspecified atom stereocenters. The third kappa shape index (κ3) is 4.03. The summed E-state index contributed by atoms with van der Waals surface area (Å²) in [6.07, 6.45) is 2.89. The highest BCUT2D eigenvalue weighted by Gasteiger charge is 2.09. The fourth-order valence-electron chi connectivity index (χ4n) is 2.02. The van der Waals surface area contributed by atoms with E-state index in [-0.39, 0.29) is 0 Å². The Labute approximate surface area is 111 Å². The van der Waals surface area contributed by atoms with Crippen LogP contribution in [-0.2, 0) is 6.42 Å². The molecule has 0 radical (unpaired) electrons. The Morgan fingerprint density at radius 3 is 2.50 bits per heavy atom. The van der Waals surface area contributed by atoms with Gasteiger partial charge in [-0.1, -0.05) is 13.8 Å².